The molecule has 0 spiro atoms. The lowest BCUT2D eigenvalue weighted by Crippen LogP contribution is -3.00. The van der Waals surface area contributed by atoms with Crippen molar-refractivity contribution in [2.24, 2.45) is 7.05 Å². The van der Waals surface area contributed by atoms with Crippen LogP contribution in [0.15, 0.2) is 49.1 Å². The first-order valence-electron chi connectivity index (χ1n) is 10.1. The van der Waals surface area contributed by atoms with E-state index in [1.165, 1.54) is 33.6 Å². The second-order valence-corrected chi connectivity index (χ2v) is 8.12. The fourth-order valence-electron chi connectivity index (χ4n) is 5.23. The molecule has 3 aromatic heterocycles. The van der Waals surface area contributed by atoms with Crippen molar-refractivity contribution >= 4 is 0 Å². The molecule has 0 bridgehead atoms. The maximum atomic E-state index is 4.42. The predicted octanol–water partition coefficient (Wildman–Crippen LogP) is -0.0263. The van der Waals surface area contributed by atoms with E-state index in [1.54, 1.807) is 0 Å². The molecule has 2 atom stereocenters. The van der Waals surface area contributed by atoms with Gasteiger partial charge >= 0.3 is 0 Å². The average Bonchev–Trinajstić information content (AvgIpc) is 3.01. The molecule has 5 heterocycles. The first-order valence-corrected chi connectivity index (χ1v) is 10.1. The summed E-state index contributed by atoms with van der Waals surface area (Å²) < 4.78 is 2.48. The zero-order valence-corrected chi connectivity index (χ0v) is 18.0. The predicted molar refractivity (Wildman–Crippen MR) is 110 cm³/mol. The molecule has 0 amide bonds. The third-order valence-electron chi connectivity index (χ3n) is 6.55. The Hall–Kier alpha value is -2.21. The highest BCUT2D eigenvalue weighted by molar-refractivity contribution is 5.51. The molecule has 2 aliphatic rings. The minimum Gasteiger partial charge on any atom is -1.00 e. The third kappa shape index (κ3) is 3.18. The zero-order chi connectivity index (χ0) is 19.3. The fraction of sp³-hybridized carbons (Fsp3) is 0.391. The van der Waals surface area contributed by atoms with Gasteiger partial charge in [0, 0.05) is 80.3 Å². The molecule has 6 heteroatoms. The average molecular weight is 409 g/mol. The summed E-state index contributed by atoms with van der Waals surface area (Å²) in [7, 11) is 6.74. The highest BCUT2D eigenvalue weighted by atomic mass is 35.5. The molecule has 29 heavy (non-hydrogen) atoms. The number of hydrogen-bond acceptors (Lipinski definition) is 4. The molecule has 0 N–H and O–H groups in total. The lowest BCUT2D eigenvalue weighted by Gasteiger charge is -2.38. The largest absolute Gasteiger partial charge is 1.00 e. The van der Waals surface area contributed by atoms with Gasteiger partial charge in [-0.05, 0) is 37.4 Å². The number of pyridine rings is 2. The number of nitrogens with zero attached hydrogens (tertiary/aromatic N) is 5. The molecule has 2 aliphatic heterocycles. The van der Waals surface area contributed by atoms with Crippen molar-refractivity contribution < 1.29 is 12.4 Å². The number of aromatic nitrogens is 3. The summed E-state index contributed by atoms with van der Waals surface area (Å²) in [6.45, 7) is 2.13. The Morgan fingerprint density at radius 2 is 1.21 bits per heavy atom. The van der Waals surface area contributed by atoms with E-state index in [2.05, 4.69) is 69.7 Å². The van der Waals surface area contributed by atoms with Gasteiger partial charge in [-0.25, -0.2) is 0 Å². The van der Waals surface area contributed by atoms with Crippen LogP contribution in [-0.4, -0.2) is 51.5 Å². The Morgan fingerprint density at radius 3 is 1.59 bits per heavy atom. The molecule has 5 nitrogen and oxygen atoms in total. The smallest absolute Gasteiger partial charge is 0.0636 e. The molecular weight excluding hydrogens is 382 g/mol. The lowest BCUT2D eigenvalue weighted by atomic mass is 9.84. The van der Waals surface area contributed by atoms with Crippen LogP contribution >= 0.6 is 0 Å². The Bertz CT molecular complexity index is 907. The molecule has 2 unspecified atom stereocenters. The van der Waals surface area contributed by atoms with E-state index in [0.29, 0.717) is 0 Å². The van der Waals surface area contributed by atoms with Crippen LogP contribution in [0.5, 0.6) is 0 Å². The van der Waals surface area contributed by atoms with E-state index in [0.717, 1.165) is 25.9 Å². The second kappa shape index (κ2) is 7.90. The molecule has 152 valence electrons. The number of halogens is 1. The normalized spacial score (nSPS) is 21.9. The molecule has 0 aromatic carbocycles. The molecule has 3 aromatic rings. The SMILES string of the molecule is CN1CCc2c(c3c(n2C)CCN(C)C3c2cccnc2)C1c1cccnc1.[Cl-]. The summed E-state index contributed by atoms with van der Waals surface area (Å²) in [5.41, 5.74) is 8.50. The monoisotopic (exact) mass is 408 g/mol. The van der Waals surface area contributed by atoms with Crippen molar-refractivity contribution in [3.8, 4) is 0 Å². The van der Waals surface area contributed by atoms with Gasteiger partial charge in [0.25, 0.3) is 0 Å². The van der Waals surface area contributed by atoms with Crippen molar-refractivity contribution in [3.05, 3.63) is 82.7 Å². The number of hydrogen-bond donors (Lipinski definition) is 0. The van der Waals surface area contributed by atoms with Crippen LogP contribution in [0.1, 0.15) is 45.7 Å². The Balaban J connectivity index is 0.00000205. The van der Waals surface area contributed by atoms with Gasteiger partial charge in [-0.15, -0.1) is 0 Å². The fourth-order valence-corrected chi connectivity index (χ4v) is 5.23. The summed E-state index contributed by atoms with van der Waals surface area (Å²) in [4.78, 5) is 13.8. The lowest BCUT2D eigenvalue weighted by molar-refractivity contribution is -0.00000584. The summed E-state index contributed by atoms with van der Waals surface area (Å²) >= 11 is 0. The maximum absolute atomic E-state index is 4.42. The minimum absolute atomic E-state index is 0. The van der Waals surface area contributed by atoms with Crippen LogP contribution in [-0.2, 0) is 19.9 Å². The van der Waals surface area contributed by atoms with Gasteiger partial charge in [-0.1, -0.05) is 12.1 Å². The first kappa shape index (κ1) is 20.1. The molecule has 0 radical (unpaired) electrons. The van der Waals surface area contributed by atoms with Gasteiger partial charge < -0.3 is 17.0 Å². The van der Waals surface area contributed by atoms with Crippen LogP contribution in [0.25, 0.3) is 0 Å². The quantitative estimate of drug-likeness (QED) is 0.597. The van der Waals surface area contributed by atoms with Gasteiger partial charge in [-0.3, -0.25) is 19.8 Å². The molecule has 0 saturated heterocycles. The van der Waals surface area contributed by atoms with E-state index in [9.17, 15) is 0 Å². The van der Waals surface area contributed by atoms with Gasteiger partial charge in [0.1, 0.15) is 0 Å². The van der Waals surface area contributed by atoms with E-state index in [4.69, 9.17) is 0 Å². The molecular formula is C23H27ClN5-. The zero-order valence-electron chi connectivity index (χ0n) is 17.2. The summed E-state index contributed by atoms with van der Waals surface area (Å²) in [6.07, 6.45) is 9.97. The van der Waals surface area contributed by atoms with Crippen molar-refractivity contribution in [1.82, 2.24) is 24.3 Å². The van der Waals surface area contributed by atoms with Crippen molar-refractivity contribution in [2.75, 3.05) is 27.2 Å². The maximum Gasteiger partial charge on any atom is 0.0636 e. The van der Waals surface area contributed by atoms with Crippen molar-refractivity contribution in [2.45, 2.75) is 24.9 Å². The highest BCUT2D eigenvalue weighted by Crippen LogP contribution is 2.46. The van der Waals surface area contributed by atoms with E-state index >= 15 is 0 Å². The van der Waals surface area contributed by atoms with E-state index in [1.807, 2.05) is 24.8 Å². The number of rotatable bonds is 2. The molecule has 0 saturated carbocycles. The summed E-state index contributed by atoms with van der Waals surface area (Å²) in [5.74, 6) is 0. The van der Waals surface area contributed by atoms with Crippen LogP contribution in [0.2, 0.25) is 0 Å². The Labute approximate surface area is 178 Å². The summed E-state index contributed by atoms with van der Waals surface area (Å²) in [6, 6.07) is 9.04. The van der Waals surface area contributed by atoms with Crippen molar-refractivity contribution in [3.63, 3.8) is 0 Å². The first-order chi connectivity index (χ1) is 13.7. The van der Waals surface area contributed by atoms with Gasteiger partial charge in [0.2, 0.25) is 0 Å². The molecule has 5 rings (SSSR count). The Morgan fingerprint density at radius 1 is 0.759 bits per heavy atom. The van der Waals surface area contributed by atoms with Crippen LogP contribution in [0, 0.1) is 0 Å². The third-order valence-corrected chi connectivity index (χ3v) is 6.55. The minimum atomic E-state index is 0. The van der Waals surface area contributed by atoms with Crippen LogP contribution in [0.3, 0.4) is 0 Å². The van der Waals surface area contributed by atoms with E-state index < -0.39 is 0 Å². The van der Waals surface area contributed by atoms with Crippen LogP contribution < -0.4 is 12.4 Å². The standard InChI is InChI=1S/C23H27N5.ClH/c1-26-12-8-18-20(22(26)16-6-4-10-24-14-16)21-19(28(18)3)9-13-27(2)23(21)17-7-5-11-25-15-17;/h4-7,10-11,14-15,22-23H,8-9,12-13H2,1-3H3;1H/p-1. The van der Waals surface area contributed by atoms with Gasteiger partial charge in [-0.2, -0.15) is 0 Å². The van der Waals surface area contributed by atoms with Gasteiger partial charge in [0.05, 0.1) is 12.1 Å². The summed E-state index contributed by atoms with van der Waals surface area (Å²) in [5, 5.41) is 0. The van der Waals surface area contributed by atoms with E-state index in [-0.39, 0.29) is 24.5 Å². The Kier molecular flexibility index (Phi) is 5.47. The number of fused-ring (bicyclic) bond motifs is 3. The topological polar surface area (TPSA) is 37.2 Å². The van der Waals surface area contributed by atoms with Crippen LogP contribution in [0.4, 0.5) is 0 Å². The van der Waals surface area contributed by atoms with Crippen molar-refractivity contribution in [1.29, 1.82) is 0 Å². The molecule has 0 fully saturated rings. The number of likely N-dealkylation sites (N-methyl/N-ethyl adjacent to an activating group) is 2. The molecule has 0 aliphatic carbocycles. The second-order valence-electron chi connectivity index (χ2n) is 8.12. The van der Waals surface area contributed by atoms with Gasteiger partial charge in [0.15, 0.2) is 0 Å². The highest BCUT2D eigenvalue weighted by Gasteiger charge is 2.39.